The molecular weight excluding hydrogens is 368 g/mol. The molecule has 0 bridgehead atoms. The van der Waals surface area contributed by atoms with Gasteiger partial charge in [-0.2, -0.15) is 0 Å². The van der Waals surface area contributed by atoms with E-state index in [2.05, 4.69) is 11.9 Å². The van der Waals surface area contributed by atoms with Crippen molar-refractivity contribution in [3.8, 4) is 0 Å². The predicted molar refractivity (Wildman–Crippen MR) is 99.0 cm³/mol. The third kappa shape index (κ3) is 3.78. The number of hydrogen-bond donors (Lipinski definition) is 2. The quantitative estimate of drug-likeness (QED) is 0.538. The molecule has 0 spiro atoms. The number of aryl methyl sites for hydroxylation is 1. The van der Waals surface area contributed by atoms with Gasteiger partial charge in [0, 0.05) is 25.3 Å². The summed E-state index contributed by atoms with van der Waals surface area (Å²) in [5.41, 5.74) is -2.36. The highest BCUT2D eigenvalue weighted by atomic mass is 16.6. The molecule has 2 fully saturated rings. The average Bonchev–Trinajstić information content (AvgIpc) is 2.91. The number of aliphatic hydroxyl groups is 1. The van der Waals surface area contributed by atoms with Crippen LogP contribution in [0.1, 0.15) is 57.7 Å². The number of carbonyl (C=O) groups is 1. The van der Waals surface area contributed by atoms with E-state index in [1.54, 1.807) is 6.92 Å². The average molecular weight is 396 g/mol. The van der Waals surface area contributed by atoms with E-state index in [-0.39, 0.29) is 6.10 Å². The predicted octanol–water partition coefficient (Wildman–Crippen LogP) is 0.774. The number of H-pyrrole nitrogens is 1. The van der Waals surface area contributed by atoms with Crippen LogP contribution in [0.15, 0.2) is 15.8 Å². The van der Waals surface area contributed by atoms with Gasteiger partial charge >= 0.3 is 11.7 Å². The van der Waals surface area contributed by atoms with Gasteiger partial charge in [0.1, 0.15) is 11.7 Å². The summed E-state index contributed by atoms with van der Waals surface area (Å²) < 4.78 is 18.6. The minimum absolute atomic E-state index is 0.308. The minimum atomic E-state index is -1.48. The van der Waals surface area contributed by atoms with Crippen molar-refractivity contribution >= 4 is 5.97 Å². The van der Waals surface area contributed by atoms with E-state index >= 15 is 0 Å². The monoisotopic (exact) mass is 396 g/mol. The SMILES string of the molecule is CCCCO[C@@H]1CCC[C@]2(O)[C@@H](OC(C)=O)[C@H](n3cc(C)c(=O)[nH]c3=O)O[C@@H]12. The smallest absolute Gasteiger partial charge is 0.330 e. The van der Waals surface area contributed by atoms with E-state index < -0.39 is 41.3 Å². The molecule has 2 aliphatic rings. The van der Waals surface area contributed by atoms with Crippen molar-refractivity contribution in [1.29, 1.82) is 0 Å². The molecule has 1 aromatic heterocycles. The summed E-state index contributed by atoms with van der Waals surface area (Å²) in [6.07, 6.45) is 1.71. The van der Waals surface area contributed by atoms with Gasteiger partial charge in [0.25, 0.3) is 5.56 Å². The van der Waals surface area contributed by atoms with Gasteiger partial charge < -0.3 is 19.3 Å². The molecule has 9 nitrogen and oxygen atoms in total. The number of ether oxygens (including phenoxy) is 3. The maximum atomic E-state index is 12.4. The van der Waals surface area contributed by atoms with Gasteiger partial charge in [0.05, 0.1) is 6.10 Å². The molecule has 0 aromatic carbocycles. The van der Waals surface area contributed by atoms with Gasteiger partial charge in [0.15, 0.2) is 12.3 Å². The molecule has 1 saturated carbocycles. The lowest BCUT2D eigenvalue weighted by Crippen LogP contribution is -2.56. The Hall–Kier alpha value is -1.97. The molecule has 2 heterocycles. The molecule has 156 valence electrons. The highest BCUT2D eigenvalue weighted by Crippen LogP contribution is 2.47. The number of unbranched alkanes of at least 4 members (excludes halogenated alkanes) is 1. The van der Waals surface area contributed by atoms with Gasteiger partial charge in [-0.25, -0.2) is 4.79 Å². The number of esters is 1. The lowest BCUT2D eigenvalue weighted by molar-refractivity contribution is -0.176. The van der Waals surface area contributed by atoms with Gasteiger partial charge in [-0.05, 0) is 32.6 Å². The molecule has 1 saturated heterocycles. The van der Waals surface area contributed by atoms with Crippen molar-refractivity contribution in [3.05, 3.63) is 32.6 Å². The van der Waals surface area contributed by atoms with Gasteiger partial charge in [0.2, 0.25) is 0 Å². The van der Waals surface area contributed by atoms with Gasteiger partial charge in [-0.1, -0.05) is 13.3 Å². The molecule has 2 N–H and O–H groups in total. The Balaban J connectivity index is 1.98. The topological polar surface area (TPSA) is 120 Å². The number of rotatable bonds is 6. The summed E-state index contributed by atoms with van der Waals surface area (Å²) >= 11 is 0. The zero-order valence-corrected chi connectivity index (χ0v) is 16.5. The summed E-state index contributed by atoms with van der Waals surface area (Å²) in [5, 5.41) is 11.4. The summed E-state index contributed by atoms with van der Waals surface area (Å²) in [7, 11) is 0. The fraction of sp³-hybridized carbons (Fsp3) is 0.737. The number of hydrogen-bond acceptors (Lipinski definition) is 7. The molecular formula is C19H28N2O7. The van der Waals surface area contributed by atoms with Crippen molar-refractivity contribution < 1.29 is 24.1 Å². The first-order valence-corrected chi connectivity index (χ1v) is 9.76. The standard InChI is InChI=1S/C19H28N2O7/c1-4-5-9-26-13-7-6-8-19(25)14(13)28-17(15(19)27-12(3)22)21-10-11(2)16(23)20-18(21)24/h10,13-15,17,25H,4-9H2,1-3H3,(H,20,23,24)/t13-,14+,15+,17-,19-/m1/s1. The third-order valence-electron chi connectivity index (χ3n) is 5.48. The van der Waals surface area contributed by atoms with Crippen LogP contribution in [0.5, 0.6) is 0 Å². The molecule has 9 heteroatoms. The molecule has 3 rings (SSSR count). The maximum absolute atomic E-state index is 12.4. The zero-order valence-electron chi connectivity index (χ0n) is 16.5. The largest absolute Gasteiger partial charge is 0.455 e. The van der Waals surface area contributed by atoms with Crippen molar-refractivity contribution in [2.45, 2.75) is 83.0 Å². The van der Waals surface area contributed by atoms with Gasteiger partial charge in [-0.3, -0.25) is 19.1 Å². The van der Waals surface area contributed by atoms with Crippen LogP contribution in [0.4, 0.5) is 0 Å². The normalized spacial score (nSPS) is 32.1. The van der Waals surface area contributed by atoms with Crippen LogP contribution in [0.25, 0.3) is 0 Å². The van der Waals surface area contributed by atoms with Crippen LogP contribution in [0, 0.1) is 6.92 Å². The Morgan fingerprint density at radius 1 is 1.46 bits per heavy atom. The first-order valence-electron chi connectivity index (χ1n) is 9.76. The molecule has 5 atom stereocenters. The molecule has 28 heavy (non-hydrogen) atoms. The highest BCUT2D eigenvalue weighted by molar-refractivity contribution is 5.66. The first-order chi connectivity index (χ1) is 13.3. The Morgan fingerprint density at radius 3 is 2.89 bits per heavy atom. The molecule has 0 radical (unpaired) electrons. The fourth-order valence-electron chi connectivity index (χ4n) is 4.06. The number of nitrogens with one attached hydrogen (secondary N) is 1. The molecule has 1 aromatic rings. The van der Waals surface area contributed by atoms with E-state index in [0.717, 1.165) is 12.8 Å². The summed E-state index contributed by atoms with van der Waals surface area (Å²) in [4.78, 5) is 38.1. The second kappa shape index (κ2) is 8.18. The number of nitrogens with zero attached hydrogens (tertiary/aromatic N) is 1. The Kier molecular flexibility index (Phi) is 6.07. The second-order valence-corrected chi connectivity index (χ2v) is 7.60. The van der Waals surface area contributed by atoms with Crippen molar-refractivity contribution in [1.82, 2.24) is 9.55 Å². The minimum Gasteiger partial charge on any atom is -0.455 e. The first kappa shape index (κ1) is 20.8. The van der Waals surface area contributed by atoms with E-state index in [9.17, 15) is 19.5 Å². The van der Waals surface area contributed by atoms with Crippen LogP contribution < -0.4 is 11.2 Å². The van der Waals surface area contributed by atoms with Crippen LogP contribution in [-0.2, 0) is 19.0 Å². The third-order valence-corrected chi connectivity index (χ3v) is 5.48. The van der Waals surface area contributed by atoms with Crippen LogP contribution in [0.3, 0.4) is 0 Å². The Morgan fingerprint density at radius 2 is 2.21 bits per heavy atom. The summed E-state index contributed by atoms with van der Waals surface area (Å²) in [5.74, 6) is -0.587. The van der Waals surface area contributed by atoms with Crippen molar-refractivity contribution in [2.75, 3.05) is 6.61 Å². The second-order valence-electron chi connectivity index (χ2n) is 7.60. The fourth-order valence-corrected chi connectivity index (χ4v) is 4.06. The molecule has 1 aliphatic heterocycles. The zero-order chi connectivity index (χ0) is 20.5. The number of aromatic nitrogens is 2. The van der Waals surface area contributed by atoms with E-state index in [1.807, 2.05) is 0 Å². The Labute approximate surface area is 162 Å². The molecule has 0 unspecified atom stereocenters. The number of fused-ring (bicyclic) bond motifs is 1. The lowest BCUT2D eigenvalue weighted by Gasteiger charge is -2.40. The van der Waals surface area contributed by atoms with Crippen molar-refractivity contribution in [2.24, 2.45) is 0 Å². The van der Waals surface area contributed by atoms with Gasteiger partial charge in [-0.15, -0.1) is 0 Å². The van der Waals surface area contributed by atoms with E-state index in [0.29, 0.717) is 31.4 Å². The molecule has 0 amide bonds. The number of carbonyl (C=O) groups excluding carboxylic acids is 1. The van der Waals surface area contributed by atoms with E-state index in [1.165, 1.54) is 17.7 Å². The van der Waals surface area contributed by atoms with E-state index in [4.69, 9.17) is 14.2 Å². The van der Waals surface area contributed by atoms with Crippen LogP contribution in [0.2, 0.25) is 0 Å². The highest BCUT2D eigenvalue weighted by Gasteiger charge is 2.62. The summed E-state index contributed by atoms with van der Waals surface area (Å²) in [6, 6.07) is 0. The van der Waals surface area contributed by atoms with Crippen molar-refractivity contribution in [3.63, 3.8) is 0 Å². The Bertz CT molecular complexity index is 832. The lowest BCUT2D eigenvalue weighted by atomic mass is 9.78. The summed E-state index contributed by atoms with van der Waals surface area (Å²) in [6.45, 7) is 5.40. The van der Waals surface area contributed by atoms with Crippen LogP contribution >= 0.6 is 0 Å². The van der Waals surface area contributed by atoms with Crippen LogP contribution in [-0.4, -0.2) is 51.1 Å². The molecule has 1 aliphatic carbocycles. The maximum Gasteiger partial charge on any atom is 0.330 e. The number of aromatic amines is 1.